The van der Waals surface area contributed by atoms with Gasteiger partial charge in [-0.05, 0) is 73.1 Å². The summed E-state index contributed by atoms with van der Waals surface area (Å²) < 4.78 is 15.5. The van der Waals surface area contributed by atoms with E-state index in [2.05, 4.69) is 20.8 Å². The van der Waals surface area contributed by atoms with Gasteiger partial charge in [0.05, 0.1) is 0 Å². The average molecular weight is 358 g/mol. The molecule has 1 heterocycles. The van der Waals surface area contributed by atoms with E-state index in [1.165, 1.54) is 17.2 Å². The highest BCUT2D eigenvalue weighted by Crippen LogP contribution is 2.42. The minimum absolute atomic E-state index is 0.0141. The predicted molar refractivity (Wildman–Crippen MR) is 94.0 cm³/mol. The highest BCUT2D eigenvalue weighted by atomic mass is 19.1. The van der Waals surface area contributed by atoms with E-state index in [0.29, 0.717) is 23.3 Å². The monoisotopic (exact) mass is 358 g/mol. The maximum absolute atomic E-state index is 14.2. The van der Waals surface area contributed by atoms with Crippen LogP contribution < -0.4 is 11.1 Å². The van der Waals surface area contributed by atoms with E-state index in [1.54, 1.807) is 19.1 Å². The van der Waals surface area contributed by atoms with Crippen LogP contribution in [0.5, 0.6) is 0 Å². The van der Waals surface area contributed by atoms with Crippen LogP contribution in [0.4, 0.5) is 10.1 Å². The van der Waals surface area contributed by atoms with Crippen LogP contribution in [-0.4, -0.2) is 32.2 Å². The summed E-state index contributed by atoms with van der Waals surface area (Å²) in [7, 11) is 0. The van der Waals surface area contributed by atoms with Gasteiger partial charge in [-0.15, -0.1) is 5.10 Å². The van der Waals surface area contributed by atoms with Gasteiger partial charge in [0.15, 0.2) is 5.82 Å². The zero-order chi connectivity index (χ0) is 18.3. The normalized spacial score (nSPS) is 28.0. The number of amides is 1. The first-order valence-electron chi connectivity index (χ1n) is 9.14. The zero-order valence-electron chi connectivity index (χ0n) is 14.7. The second kappa shape index (κ2) is 6.75. The summed E-state index contributed by atoms with van der Waals surface area (Å²) in [5, 5.41) is 14.0. The van der Waals surface area contributed by atoms with Crippen LogP contribution in [0, 0.1) is 30.5 Å². The first-order chi connectivity index (χ1) is 12.5. The zero-order valence-corrected chi connectivity index (χ0v) is 14.7. The number of nitrogens with zero attached hydrogens (tertiary/aromatic N) is 4. The Labute approximate surface area is 151 Å². The van der Waals surface area contributed by atoms with Crippen LogP contribution in [0.3, 0.4) is 0 Å². The first kappa shape index (κ1) is 17.1. The number of halogens is 1. The van der Waals surface area contributed by atoms with Gasteiger partial charge in [0, 0.05) is 17.6 Å². The van der Waals surface area contributed by atoms with Gasteiger partial charge >= 0.3 is 0 Å². The lowest BCUT2D eigenvalue weighted by atomic mass is 9.65. The van der Waals surface area contributed by atoms with Crippen LogP contribution in [0.1, 0.15) is 37.9 Å². The Morgan fingerprint density at radius 2 is 2.04 bits per heavy atom. The first-order valence-corrected chi connectivity index (χ1v) is 9.14. The standard InChI is InChI=1S/C18H23FN6O/c1-10-22-23-24-25(10)16-9-14(5-6-15(16)19)21-18(26)13-7-11-3-2-4-12(8-13)17(11)20/h5-6,9,11-13,17H,2-4,7-8,20H2,1H3,(H,21,26). The fourth-order valence-electron chi connectivity index (χ4n) is 4.45. The number of tetrazole rings is 1. The molecule has 2 fully saturated rings. The van der Waals surface area contributed by atoms with Crippen LogP contribution >= 0.6 is 0 Å². The summed E-state index contributed by atoms with van der Waals surface area (Å²) in [5.74, 6) is 0.850. The molecule has 1 amide bonds. The van der Waals surface area contributed by atoms with Gasteiger partial charge < -0.3 is 11.1 Å². The smallest absolute Gasteiger partial charge is 0.227 e. The summed E-state index contributed by atoms with van der Waals surface area (Å²) in [6.07, 6.45) is 5.11. The number of carbonyl (C=O) groups is 1. The summed E-state index contributed by atoms with van der Waals surface area (Å²) >= 11 is 0. The molecule has 26 heavy (non-hydrogen) atoms. The molecule has 0 saturated heterocycles. The van der Waals surface area contributed by atoms with Crippen molar-refractivity contribution in [3.8, 4) is 5.69 Å². The quantitative estimate of drug-likeness (QED) is 0.876. The van der Waals surface area contributed by atoms with Crippen molar-refractivity contribution in [3.63, 3.8) is 0 Å². The molecule has 2 aliphatic rings. The molecular weight excluding hydrogens is 335 g/mol. The number of aromatic nitrogens is 4. The molecular formula is C18H23FN6O. The predicted octanol–water partition coefficient (Wildman–Crippen LogP) is 2.20. The van der Waals surface area contributed by atoms with E-state index in [9.17, 15) is 9.18 Å². The van der Waals surface area contributed by atoms with Crippen molar-refractivity contribution in [2.75, 3.05) is 5.32 Å². The largest absolute Gasteiger partial charge is 0.327 e. The highest BCUT2D eigenvalue weighted by molar-refractivity contribution is 5.93. The summed E-state index contributed by atoms with van der Waals surface area (Å²) in [5.41, 5.74) is 7.07. The molecule has 1 aromatic carbocycles. The third-order valence-corrected chi connectivity index (χ3v) is 5.85. The molecule has 0 spiro atoms. The molecule has 8 heteroatoms. The third-order valence-electron chi connectivity index (χ3n) is 5.85. The van der Waals surface area contributed by atoms with E-state index in [0.717, 1.165) is 25.7 Å². The molecule has 3 N–H and O–H groups in total. The Balaban J connectivity index is 1.51. The average Bonchev–Trinajstić information content (AvgIpc) is 3.02. The lowest BCUT2D eigenvalue weighted by Crippen LogP contribution is -2.48. The molecule has 1 aromatic heterocycles. The summed E-state index contributed by atoms with van der Waals surface area (Å²) in [6, 6.07) is 4.67. The van der Waals surface area contributed by atoms with E-state index in [1.807, 2.05) is 0 Å². The second-order valence-electron chi connectivity index (χ2n) is 7.49. The summed E-state index contributed by atoms with van der Waals surface area (Å²) in [6.45, 7) is 1.69. The lowest BCUT2D eigenvalue weighted by molar-refractivity contribution is -0.122. The molecule has 2 unspecified atom stereocenters. The highest BCUT2D eigenvalue weighted by Gasteiger charge is 2.40. The van der Waals surface area contributed by atoms with Gasteiger partial charge in [-0.3, -0.25) is 4.79 Å². The van der Waals surface area contributed by atoms with Crippen molar-refractivity contribution in [1.29, 1.82) is 0 Å². The molecule has 0 aliphatic heterocycles. The maximum Gasteiger partial charge on any atom is 0.227 e. The molecule has 4 rings (SSSR count). The van der Waals surface area contributed by atoms with Crippen LogP contribution in [0.2, 0.25) is 0 Å². The third kappa shape index (κ3) is 3.09. The number of benzene rings is 1. The van der Waals surface area contributed by atoms with E-state index < -0.39 is 5.82 Å². The number of hydrogen-bond donors (Lipinski definition) is 2. The Hall–Kier alpha value is -2.35. The van der Waals surface area contributed by atoms with Gasteiger partial charge in [0.1, 0.15) is 11.5 Å². The Morgan fingerprint density at radius 3 is 2.69 bits per heavy atom. The summed E-state index contributed by atoms with van der Waals surface area (Å²) in [4.78, 5) is 12.8. The van der Waals surface area contributed by atoms with Crippen LogP contribution in [-0.2, 0) is 4.79 Å². The van der Waals surface area contributed by atoms with Gasteiger partial charge in [-0.2, -0.15) is 4.68 Å². The maximum atomic E-state index is 14.2. The Kier molecular flexibility index (Phi) is 4.44. The Bertz CT molecular complexity index is 808. The second-order valence-corrected chi connectivity index (χ2v) is 7.49. The van der Waals surface area contributed by atoms with Gasteiger partial charge in [-0.25, -0.2) is 4.39 Å². The molecule has 7 nitrogen and oxygen atoms in total. The number of hydrogen-bond acceptors (Lipinski definition) is 5. The van der Waals surface area contributed by atoms with E-state index in [-0.39, 0.29) is 23.6 Å². The SMILES string of the molecule is Cc1nnnn1-c1cc(NC(=O)C2CC3CCCC(C2)C3N)ccc1F. The minimum Gasteiger partial charge on any atom is -0.327 e. The fraction of sp³-hybridized carbons (Fsp3) is 0.556. The number of carbonyl (C=O) groups excluding carboxylic acids is 1. The van der Waals surface area contributed by atoms with Crippen molar-refractivity contribution in [2.45, 2.75) is 45.1 Å². The fourth-order valence-corrected chi connectivity index (χ4v) is 4.45. The van der Waals surface area contributed by atoms with Crippen molar-refractivity contribution in [2.24, 2.45) is 23.5 Å². The van der Waals surface area contributed by atoms with Crippen molar-refractivity contribution in [1.82, 2.24) is 20.2 Å². The van der Waals surface area contributed by atoms with Gasteiger partial charge in [0.25, 0.3) is 0 Å². The molecule has 2 aromatic rings. The lowest BCUT2D eigenvalue weighted by Gasteiger charge is -2.43. The van der Waals surface area contributed by atoms with Crippen molar-refractivity contribution >= 4 is 11.6 Å². The van der Waals surface area contributed by atoms with Crippen LogP contribution in [0.15, 0.2) is 18.2 Å². The van der Waals surface area contributed by atoms with Crippen LogP contribution in [0.25, 0.3) is 5.69 Å². The van der Waals surface area contributed by atoms with Crippen molar-refractivity contribution < 1.29 is 9.18 Å². The number of aryl methyl sites for hydroxylation is 1. The molecule has 138 valence electrons. The molecule has 2 atom stereocenters. The number of anilines is 1. The number of rotatable bonds is 3. The van der Waals surface area contributed by atoms with E-state index in [4.69, 9.17) is 5.73 Å². The number of nitrogens with one attached hydrogen (secondary N) is 1. The van der Waals surface area contributed by atoms with Gasteiger partial charge in [-0.1, -0.05) is 6.42 Å². The number of fused-ring (bicyclic) bond motifs is 2. The number of nitrogens with two attached hydrogens (primary N) is 1. The molecule has 0 radical (unpaired) electrons. The molecule has 2 saturated carbocycles. The molecule has 2 aliphatic carbocycles. The Morgan fingerprint density at radius 1 is 1.31 bits per heavy atom. The molecule has 2 bridgehead atoms. The minimum atomic E-state index is -0.448. The van der Waals surface area contributed by atoms with Gasteiger partial charge in [0.2, 0.25) is 5.91 Å². The van der Waals surface area contributed by atoms with Crippen molar-refractivity contribution in [3.05, 3.63) is 29.8 Å². The topological polar surface area (TPSA) is 98.7 Å². The van der Waals surface area contributed by atoms with E-state index >= 15 is 0 Å².